The highest BCUT2D eigenvalue weighted by Crippen LogP contribution is 2.33. The number of aliphatic hydroxyl groups excluding tert-OH is 1. The van der Waals surface area contributed by atoms with Gasteiger partial charge in [-0.25, -0.2) is 18.3 Å². The molecule has 0 saturated carbocycles. The Morgan fingerprint density at radius 2 is 1.62 bits per heavy atom. The van der Waals surface area contributed by atoms with E-state index in [1.54, 1.807) is 30.3 Å². The highest BCUT2D eigenvalue weighted by atomic mass is 32.2. The first-order chi connectivity index (χ1) is 15.2. The van der Waals surface area contributed by atoms with Gasteiger partial charge in [-0.3, -0.25) is 14.3 Å². The molecule has 1 aliphatic rings. The highest BCUT2D eigenvalue weighted by molar-refractivity contribution is 7.92. The minimum atomic E-state index is -3.91. The standard InChI is InChI=1S/C23H19N3O5S/c1-14-6-7-16(13-15(14)2)20-21(27)23(29)26(22(20)28)17-8-10-18(11-9-17)32(30,31)25-19-5-3-4-12-24-19/h3-13,27H,1-2H3,(H,24,25). The van der Waals surface area contributed by atoms with Crippen LogP contribution in [0.2, 0.25) is 0 Å². The summed E-state index contributed by atoms with van der Waals surface area (Å²) < 4.78 is 27.5. The molecule has 162 valence electrons. The summed E-state index contributed by atoms with van der Waals surface area (Å²) in [6.45, 7) is 3.78. The number of amides is 2. The van der Waals surface area contributed by atoms with E-state index in [0.717, 1.165) is 16.0 Å². The molecule has 1 aromatic heterocycles. The normalized spacial score (nSPS) is 14.2. The first kappa shape index (κ1) is 21.3. The molecule has 2 aromatic carbocycles. The fourth-order valence-electron chi connectivity index (χ4n) is 3.30. The van der Waals surface area contributed by atoms with E-state index in [9.17, 15) is 23.1 Å². The van der Waals surface area contributed by atoms with Crippen LogP contribution in [0.25, 0.3) is 5.57 Å². The van der Waals surface area contributed by atoms with E-state index in [4.69, 9.17) is 0 Å². The Balaban J connectivity index is 1.61. The minimum Gasteiger partial charge on any atom is -0.502 e. The van der Waals surface area contributed by atoms with Crippen molar-refractivity contribution < 1.29 is 23.1 Å². The third kappa shape index (κ3) is 3.74. The number of hydrogen-bond acceptors (Lipinski definition) is 6. The number of anilines is 2. The van der Waals surface area contributed by atoms with Crippen molar-refractivity contribution in [1.29, 1.82) is 0 Å². The fourth-order valence-corrected chi connectivity index (χ4v) is 4.31. The lowest BCUT2D eigenvalue weighted by Gasteiger charge is -2.15. The average molecular weight is 449 g/mol. The van der Waals surface area contributed by atoms with Crippen LogP contribution in [0.5, 0.6) is 0 Å². The predicted molar refractivity (Wildman–Crippen MR) is 119 cm³/mol. The van der Waals surface area contributed by atoms with E-state index in [-0.39, 0.29) is 22.0 Å². The summed E-state index contributed by atoms with van der Waals surface area (Å²) in [5.41, 5.74) is 2.41. The van der Waals surface area contributed by atoms with Gasteiger partial charge in [-0.2, -0.15) is 0 Å². The second-order valence-corrected chi connectivity index (χ2v) is 8.97. The number of imide groups is 1. The Labute approximate surface area is 184 Å². The Morgan fingerprint density at radius 1 is 0.906 bits per heavy atom. The largest absolute Gasteiger partial charge is 0.502 e. The summed E-state index contributed by atoms with van der Waals surface area (Å²) in [6.07, 6.45) is 1.46. The Bertz CT molecular complexity index is 1360. The molecule has 0 aliphatic carbocycles. The quantitative estimate of drug-likeness (QED) is 0.577. The highest BCUT2D eigenvalue weighted by Gasteiger charge is 2.40. The predicted octanol–water partition coefficient (Wildman–Crippen LogP) is 3.34. The van der Waals surface area contributed by atoms with E-state index in [1.807, 2.05) is 13.8 Å². The number of hydrogen-bond donors (Lipinski definition) is 2. The van der Waals surface area contributed by atoms with Crippen molar-refractivity contribution in [3.05, 3.63) is 89.3 Å². The maximum absolute atomic E-state index is 13.0. The number of carbonyl (C=O) groups excluding carboxylic acids is 2. The molecule has 9 heteroatoms. The zero-order valence-corrected chi connectivity index (χ0v) is 18.1. The van der Waals surface area contributed by atoms with Crippen molar-refractivity contribution in [2.45, 2.75) is 18.7 Å². The number of aromatic nitrogens is 1. The molecule has 2 heterocycles. The maximum Gasteiger partial charge on any atom is 0.301 e. The van der Waals surface area contributed by atoms with E-state index in [2.05, 4.69) is 9.71 Å². The lowest BCUT2D eigenvalue weighted by atomic mass is 10.00. The van der Waals surface area contributed by atoms with Gasteiger partial charge in [-0.1, -0.05) is 24.3 Å². The van der Waals surface area contributed by atoms with Gasteiger partial charge in [0.05, 0.1) is 16.2 Å². The fraction of sp³-hybridized carbons (Fsp3) is 0.0870. The monoisotopic (exact) mass is 449 g/mol. The van der Waals surface area contributed by atoms with Crippen LogP contribution in [-0.4, -0.2) is 30.3 Å². The minimum absolute atomic E-state index is 0.0717. The van der Waals surface area contributed by atoms with Gasteiger partial charge in [0.1, 0.15) is 5.82 Å². The molecular weight excluding hydrogens is 430 g/mol. The van der Waals surface area contributed by atoms with Crippen LogP contribution in [-0.2, 0) is 19.6 Å². The van der Waals surface area contributed by atoms with Crippen molar-refractivity contribution in [2.24, 2.45) is 0 Å². The van der Waals surface area contributed by atoms with Crippen LogP contribution < -0.4 is 9.62 Å². The maximum atomic E-state index is 13.0. The topological polar surface area (TPSA) is 117 Å². The van der Waals surface area contributed by atoms with Crippen LogP contribution in [0, 0.1) is 13.8 Å². The van der Waals surface area contributed by atoms with Gasteiger partial charge < -0.3 is 5.11 Å². The molecular formula is C23H19N3O5S. The van der Waals surface area contributed by atoms with Crippen molar-refractivity contribution in [3.8, 4) is 0 Å². The lowest BCUT2D eigenvalue weighted by molar-refractivity contribution is -0.121. The molecule has 1 aliphatic heterocycles. The first-order valence-corrected chi connectivity index (χ1v) is 11.1. The molecule has 2 amide bonds. The summed E-state index contributed by atoms with van der Waals surface area (Å²) in [5, 5.41) is 10.4. The zero-order valence-electron chi connectivity index (χ0n) is 17.2. The molecule has 0 unspecified atom stereocenters. The van der Waals surface area contributed by atoms with Gasteiger partial charge in [0.25, 0.3) is 15.9 Å². The van der Waals surface area contributed by atoms with Gasteiger partial charge in [0.2, 0.25) is 0 Å². The summed E-state index contributed by atoms with van der Waals surface area (Å²) in [5.74, 6) is -2.04. The number of carbonyl (C=O) groups is 2. The number of nitrogens with one attached hydrogen (secondary N) is 1. The van der Waals surface area contributed by atoms with Crippen molar-refractivity contribution in [1.82, 2.24) is 4.98 Å². The number of rotatable bonds is 5. The van der Waals surface area contributed by atoms with Crippen LogP contribution in [0.4, 0.5) is 11.5 Å². The van der Waals surface area contributed by atoms with Crippen molar-refractivity contribution in [2.75, 3.05) is 9.62 Å². The van der Waals surface area contributed by atoms with E-state index in [1.165, 1.54) is 36.5 Å². The number of pyridine rings is 1. The molecule has 32 heavy (non-hydrogen) atoms. The SMILES string of the molecule is Cc1ccc(C2=C(O)C(=O)N(c3ccc(S(=O)(=O)Nc4ccccn4)cc3)C2=O)cc1C. The van der Waals surface area contributed by atoms with Gasteiger partial charge in [0.15, 0.2) is 5.76 Å². The number of aliphatic hydroxyl groups is 1. The second-order valence-electron chi connectivity index (χ2n) is 7.28. The smallest absolute Gasteiger partial charge is 0.301 e. The molecule has 0 fully saturated rings. The number of sulfonamides is 1. The Kier molecular flexibility index (Phi) is 5.27. The molecule has 3 aromatic rings. The van der Waals surface area contributed by atoms with Gasteiger partial charge >= 0.3 is 5.91 Å². The van der Waals surface area contributed by atoms with Crippen LogP contribution in [0.3, 0.4) is 0 Å². The number of nitrogens with zero attached hydrogens (tertiary/aromatic N) is 2. The third-order valence-corrected chi connectivity index (χ3v) is 6.53. The average Bonchev–Trinajstić information content (AvgIpc) is 2.99. The van der Waals surface area contributed by atoms with Crippen LogP contribution in [0.15, 0.2) is 77.5 Å². The number of benzene rings is 2. The summed E-state index contributed by atoms with van der Waals surface area (Å²) in [6, 6.07) is 15.2. The van der Waals surface area contributed by atoms with E-state index >= 15 is 0 Å². The van der Waals surface area contributed by atoms with Crippen LogP contribution in [0.1, 0.15) is 16.7 Å². The molecule has 0 bridgehead atoms. The molecule has 4 rings (SSSR count). The summed E-state index contributed by atoms with van der Waals surface area (Å²) >= 11 is 0. The second kappa shape index (κ2) is 7.93. The van der Waals surface area contributed by atoms with Crippen molar-refractivity contribution in [3.63, 3.8) is 0 Å². The molecule has 0 spiro atoms. The lowest BCUT2D eigenvalue weighted by Crippen LogP contribution is -2.31. The molecule has 0 saturated heterocycles. The van der Waals surface area contributed by atoms with Gasteiger partial charge in [0, 0.05) is 6.20 Å². The van der Waals surface area contributed by atoms with Crippen molar-refractivity contribution >= 4 is 38.9 Å². The summed E-state index contributed by atoms with van der Waals surface area (Å²) in [7, 11) is -3.91. The zero-order chi connectivity index (χ0) is 23.0. The van der Waals surface area contributed by atoms with E-state index in [0.29, 0.717) is 5.56 Å². The Hall–Kier alpha value is -3.98. The molecule has 0 atom stereocenters. The number of aryl methyl sites for hydroxylation is 2. The van der Waals surface area contributed by atoms with Gasteiger partial charge in [-0.15, -0.1) is 0 Å². The van der Waals surface area contributed by atoms with E-state index < -0.39 is 27.6 Å². The first-order valence-electron chi connectivity index (χ1n) is 9.62. The van der Waals surface area contributed by atoms with Gasteiger partial charge in [-0.05, 0) is 66.9 Å². The summed E-state index contributed by atoms with van der Waals surface area (Å²) in [4.78, 5) is 30.3. The van der Waals surface area contributed by atoms with Crippen LogP contribution >= 0.6 is 0 Å². The molecule has 2 N–H and O–H groups in total. The molecule has 8 nitrogen and oxygen atoms in total. The molecule has 0 radical (unpaired) electrons. The Morgan fingerprint density at radius 3 is 2.25 bits per heavy atom. The third-order valence-electron chi connectivity index (χ3n) is 5.16.